The van der Waals surface area contributed by atoms with Crippen LogP contribution in [-0.4, -0.2) is 33.9 Å². The third-order valence-corrected chi connectivity index (χ3v) is 5.88. The number of benzene rings is 2. The molecule has 1 aliphatic rings. The van der Waals surface area contributed by atoms with Gasteiger partial charge in [0.05, 0.1) is 18.7 Å². The third-order valence-electron chi connectivity index (χ3n) is 5.88. The Bertz CT molecular complexity index is 1270. The summed E-state index contributed by atoms with van der Waals surface area (Å²) in [6.45, 7) is 0. The summed E-state index contributed by atoms with van der Waals surface area (Å²) in [5, 5.41) is 4.32. The topological polar surface area (TPSA) is 77.0 Å². The number of rotatable bonds is 5. The summed E-state index contributed by atoms with van der Waals surface area (Å²) in [4.78, 5) is 26.3. The van der Waals surface area contributed by atoms with Crippen LogP contribution in [0.1, 0.15) is 25.7 Å². The first kappa shape index (κ1) is 20.1. The molecule has 0 amide bonds. The van der Waals surface area contributed by atoms with E-state index in [1.807, 2.05) is 48.5 Å². The zero-order valence-electron chi connectivity index (χ0n) is 17.9. The Balaban J connectivity index is 1.63. The largest absolute Gasteiger partial charge is 0.497 e. The fourth-order valence-corrected chi connectivity index (χ4v) is 4.15. The van der Waals surface area contributed by atoms with Crippen molar-refractivity contribution in [1.29, 1.82) is 0 Å². The van der Waals surface area contributed by atoms with Crippen molar-refractivity contribution in [1.82, 2.24) is 15.0 Å². The van der Waals surface area contributed by atoms with Gasteiger partial charge in [-0.05, 0) is 60.4 Å². The summed E-state index contributed by atoms with van der Waals surface area (Å²) in [6.07, 6.45) is 6.92. The molecule has 0 saturated heterocycles. The van der Waals surface area contributed by atoms with Crippen LogP contribution in [0.5, 0.6) is 5.75 Å². The second kappa shape index (κ2) is 8.75. The van der Waals surface area contributed by atoms with Gasteiger partial charge in [-0.15, -0.1) is 0 Å². The molecule has 2 aromatic heterocycles. The Morgan fingerprint density at radius 2 is 1.84 bits per heavy atom. The van der Waals surface area contributed by atoms with Crippen molar-refractivity contribution in [2.75, 3.05) is 12.4 Å². The number of methoxy groups -OCH3 is 1. The molecule has 6 heteroatoms. The van der Waals surface area contributed by atoms with Gasteiger partial charge in [-0.25, -0.2) is 9.97 Å². The van der Waals surface area contributed by atoms with Crippen molar-refractivity contribution in [2.24, 2.45) is 0 Å². The molecule has 6 nitrogen and oxygen atoms in total. The molecular formula is C26H24N4O2. The quantitative estimate of drug-likeness (QED) is 0.469. The Hall–Kier alpha value is -3.80. The van der Waals surface area contributed by atoms with Gasteiger partial charge in [-0.2, -0.15) is 0 Å². The highest BCUT2D eigenvalue weighted by molar-refractivity contribution is 5.96. The number of carbonyl (C=O) groups is 1. The number of nitrogens with one attached hydrogen (secondary N) is 1. The van der Waals surface area contributed by atoms with Crippen molar-refractivity contribution in [2.45, 2.75) is 31.7 Å². The summed E-state index contributed by atoms with van der Waals surface area (Å²) >= 11 is 0. The van der Waals surface area contributed by atoms with Crippen molar-refractivity contribution >= 4 is 22.5 Å². The molecule has 2 aromatic carbocycles. The maximum Gasteiger partial charge on any atom is 0.163 e. The average molecular weight is 425 g/mol. The highest BCUT2D eigenvalue weighted by Crippen LogP contribution is 2.32. The Kier molecular flexibility index (Phi) is 5.50. The maximum atomic E-state index is 12.5. The zero-order valence-corrected chi connectivity index (χ0v) is 17.9. The molecule has 0 radical (unpaired) electrons. The lowest BCUT2D eigenvalue weighted by Gasteiger charge is -2.23. The van der Waals surface area contributed by atoms with Gasteiger partial charge in [0, 0.05) is 29.8 Å². The molecule has 160 valence electrons. The minimum atomic E-state index is -0.218. The number of aromatic nitrogens is 3. The molecule has 1 aliphatic carbocycles. The van der Waals surface area contributed by atoms with E-state index in [-0.39, 0.29) is 11.8 Å². The lowest BCUT2D eigenvalue weighted by molar-refractivity contribution is -0.121. The van der Waals surface area contributed by atoms with Crippen molar-refractivity contribution in [3.63, 3.8) is 0 Å². The molecule has 1 fully saturated rings. The van der Waals surface area contributed by atoms with E-state index in [1.54, 1.807) is 19.5 Å². The number of ketones is 1. The number of nitrogens with zero attached hydrogens (tertiary/aromatic N) is 3. The molecule has 1 saturated carbocycles. The highest BCUT2D eigenvalue weighted by atomic mass is 16.5. The van der Waals surface area contributed by atoms with E-state index in [1.165, 1.54) is 0 Å². The van der Waals surface area contributed by atoms with Gasteiger partial charge in [-0.1, -0.05) is 24.6 Å². The number of ether oxygens (including phenoxy) is 1. The average Bonchev–Trinajstić information content (AvgIpc) is 2.85. The normalized spacial score (nSPS) is 16.2. The van der Waals surface area contributed by atoms with Crippen molar-refractivity contribution in [3.05, 3.63) is 67.0 Å². The van der Waals surface area contributed by atoms with Crippen LogP contribution in [0.25, 0.3) is 33.4 Å². The summed E-state index contributed by atoms with van der Waals surface area (Å²) in [5.41, 5.74) is 3.73. The van der Waals surface area contributed by atoms with Gasteiger partial charge in [0.1, 0.15) is 11.6 Å². The fraction of sp³-hybridized carbons (Fsp3) is 0.231. The molecular weight excluding hydrogens is 400 g/mol. The van der Waals surface area contributed by atoms with Crippen molar-refractivity contribution < 1.29 is 9.53 Å². The highest BCUT2D eigenvalue weighted by Gasteiger charge is 2.23. The smallest absolute Gasteiger partial charge is 0.163 e. The SMILES string of the molecule is COc1cccc(-c2ccc3nc(-c4cccnc4)nc(NC4CCCCC4=O)c3c2)c1. The van der Waals surface area contributed by atoms with Crippen LogP contribution in [0.2, 0.25) is 0 Å². The number of pyridine rings is 1. The summed E-state index contributed by atoms with van der Waals surface area (Å²) in [6, 6.07) is 17.7. The number of hydrogen-bond acceptors (Lipinski definition) is 6. The minimum absolute atomic E-state index is 0.218. The van der Waals surface area contributed by atoms with Gasteiger partial charge in [0.15, 0.2) is 11.6 Å². The third kappa shape index (κ3) is 4.04. The van der Waals surface area contributed by atoms with E-state index in [0.717, 1.165) is 52.6 Å². The summed E-state index contributed by atoms with van der Waals surface area (Å²) in [5.74, 6) is 2.32. The standard InChI is InChI=1S/C26H24N4O2/c1-32-20-8-4-6-17(14-20)18-11-12-22-21(15-18)26(29-23-9-2-3-10-24(23)31)30-25(28-22)19-7-5-13-27-16-19/h4-8,11-16,23H,2-3,9-10H2,1H3,(H,28,29,30). The van der Waals surface area contributed by atoms with Crippen LogP contribution in [0, 0.1) is 0 Å². The summed E-state index contributed by atoms with van der Waals surface area (Å²) < 4.78 is 5.38. The second-order valence-corrected chi connectivity index (χ2v) is 8.01. The zero-order chi connectivity index (χ0) is 21.9. The molecule has 2 heterocycles. The number of carbonyl (C=O) groups excluding carboxylic acids is 1. The lowest BCUT2D eigenvalue weighted by Crippen LogP contribution is -2.32. The monoisotopic (exact) mass is 424 g/mol. The van der Waals surface area contributed by atoms with Crippen LogP contribution in [0.3, 0.4) is 0 Å². The molecule has 1 unspecified atom stereocenters. The number of hydrogen-bond donors (Lipinski definition) is 1. The first-order valence-corrected chi connectivity index (χ1v) is 10.9. The Labute approximate surface area is 186 Å². The van der Waals surface area contributed by atoms with Gasteiger partial charge in [0.2, 0.25) is 0 Å². The molecule has 5 rings (SSSR count). The molecule has 1 N–H and O–H groups in total. The van der Waals surface area contributed by atoms with E-state index in [0.29, 0.717) is 18.1 Å². The van der Waals surface area contributed by atoms with E-state index in [2.05, 4.69) is 16.4 Å². The van der Waals surface area contributed by atoms with Crippen LogP contribution in [-0.2, 0) is 4.79 Å². The first-order chi connectivity index (χ1) is 15.7. The van der Waals surface area contributed by atoms with Crippen LogP contribution in [0.15, 0.2) is 67.0 Å². The maximum absolute atomic E-state index is 12.5. The molecule has 0 aliphatic heterocycles. The minimum Gasteiger partial charge on any atom is -0.497 e. The summed E-state index contributed by atoms with van der Waals surface area (Å²) in [7, 11) is 1.66. The number of anilines is 1. The fourth-order valence-electron chi connectivity index (χ4n) is 4.15. The Morgan fingerprint density at radius 3 is 2.66 bits per heavy atom. The van der Waals surface area contributed by atoms with Gasteiger partial charge in [-0.3, -0.25) is 9.78 Å². The molecule has 1 atom stereocenters. The van der Waals surface area contributed by atoms with Crippen LogP contribution >= 0.6 is 0 Å². The van der Waals surface area contributed by atoms with E-state index >= 15 is 0 Å². The molecule has 32 heavy (non-hydrogen) atoms. The molecule has 4 aromatic rings. The van der Waals surface area contributed by atoms with Crippen molar-refractivity contribution in [3.8, 4) is 28.3 Å². The van der Waals surface area contributed by atoms with E-state index < -0.39 is 0 Å². The second-order valence-electron chi connectivity index (χ2n) is 8.01. The van der Waals surface area contributed by atoms with E-state index in [4.69, 9.17) is 14.7 Å². The number of fused-ring (bicyclic) bond motifs is 1. The molecule has 0 spiro atoms. The van der Waals surface area contributed by atoms with Crippen LogP contribution in [0.4, 0.5) is 5.82 Å². The Morgan fingerprint density at radius 1 is 0.969 bits per heavy atom. The van der Waals surface area contributed by atoms with Gasteiger partial charge in [0.25, 0.3) is 0 Å². The van der Waals surface area contributed by atoms with Gasteiger partial charge >= 0.3 is 0 Å². The number of Topliss-reactive ketones (excluding diaryl/α,β-unsaturated/α-hetero) is 1. The van der Waals surface area contributed by atoms with Crippen LogP contribution < -0.4 is 10.1 Å². The predicted octanol–water partition coefficient (Wildman–Crippen LogP) is 5.29. The van der Waals surface area contributed by atoms with Gasteiger partial charge < -0.3 is 10.1 Å². The molecule has 0 bridgehead atoms. The predicted molar refractivity (Wildman–Crippen MR) is 126 cm³/mol. The lowest BCUT2D eigenvalue weighted by atomic mass is 9.94. The van der Waals surface area contributed by atoms with E-state index in [9.17, 15) is 4.79 Å². The first-order valence-electron chi connectivity index (χ1n) is 10.9.